The standard InChI is InChI=1S/C18H12ClN3O3S/c1-10(17-21-16(22-25-17)11-5-4-8-20-9-11)24-18(23)15-14(19)12-6-2-3-7-13(12)26-15/h2-10H,1H3. The van der Waals surface area contributed by atoms with Gasteiger partial charge in [0.2, 0.25) is 5.82 Å². The molecule has 4 rings (SSSR count). The number of fused-ring (bicyclic) bond motifs is 1. The highest BCUT2D eigenvalue weighted by Gasteiger charge is 2.24. The number of esters is 1. The second-order valence-corrected chi connectivity index (χ2v) is 6.92. The summed E-state index contributed by atoms with van der Waals surface area (Å²) >= 11 is 7.61. The maximum absolute atomic E-state index is 12.5. The van der Waals surface area contributed by atoms with Crippen molar-refractivity contribution in [1.82, 2.24) is 15.1 Å². The number of hydrogen-bond acceptors (Lipinski definition) is 7. The van der Waals surface area contributed by atoms with Gasteiger partial charge in [-0.1, -0.05) is 35.0 Å². The summed E-state index contributed by atoms with van der Waals surface area (Å²) in [5.74, 6) is 0.0650. The van der Waals surface area contributed by atoms with Gasteiger partial charge in [-0.3, -0.25) is 4.98 Å². The van der Waals surface area contributed by atoms with Crippen LogP contribution in [-0.4, -0.2) is 21.1 Å². The van der Waals surface area contributed by atoms with Gasteiger partial charge in [-0.05, 0) is 25.1 Å². The van der Waals surface area contributed by atoms with Crippen LogP contribution < -0.4 is 0 Å². The smallest absolute Gasteiger partial charge is 0.350 e. The molecule has 0 radical (unpaired) electrons. The number of carbonyl (C=O) groups is 1. The molecule has 0 aliphatic heterocycles. The third kappa shape index (κ3) is 3.07. The van der Waals surface area contributed by atoms with E-state index in [0.717, 1.165) is 10.1 Å². The van der Waals surface area contributed by atoms with Crippen molar-refractivity contribution >= 4 is 39.0 Å². The predicted molar refractivity (Wildman–Crippen MR) is 98.2 cm³/mol. The average Bonchev–Trinajstić information content (AvgIpc) is 3.28. The molecule has 1 unspecified atom stereocenters. The molecule has 3 aromatic heterocycles. The Morgan fingerprint density at radius 1 is 1.27 bits per heavy atom. The Balaban J connectivity index is 1.54. The summed E-state index contributed by atoms with van der Waals surface area (Å²) in [6, 6.07) is 11.1. The number of aromatic nitrogens is 3. The summed E-state index contributed by atoms with van der Waals surface area (Å²) in [5, 5.41) is 5.12. The van der Waals surface area contributed by atoms with Crippen LogP contribution in [0.4, 0.5) is 0 Å². The van der Waals surface area contributed by atoms with Crippen molar-refractivity contribution in [3.05, 3.63) is 64.6 Å². The summed E-state index contributed by atoms with van der Waals surface area (Å²) in [6.07, 6.45) is 2.58. The van der Waals surface area contributed by atoms with Crippen LogP contribution in [0.3, 0.4) is 0 Å². The Morgan fingerprint density at radius 2 is 2.12 bits per heavy atom. The van der Waals surface area contributed by atoms with Gasteiger partial charge in [0.05, 0.1) is 5.02 Å². The van der Waals surface area contributed by atoms with Crippen molar-refractivity contribution in [2.24, 2.45) is 0 Å². The number of thiophene rings is 1. The van der Waals surface area contributed by atoms with Crippen LogP contribution in [0.1, 0.15) is 28.6 Å². The fourth-order valence-corrected chi connectivity index (χ4v) is 3.81. The van der Waals surface area contributed by atoms with Gasteiger partial charge in [0, 0.05) is 28.0 Å². The fraction of sp³-hybridized carbons (Fsp3) is 0.111. The normalized spacial score (nSPS) is 12.2. The summed E-state index contributed by atoms with van der Waals surface area (Å²) < 4.78 is 11.6. The molecule has 0 saturated heterocycles. The monoisotopic (exact) mass is 385 g/mol. The zero-order valence-corrected chi connectivity index (χ0v) is 15.1. The van der Waals surface area contributed by atoms with E-state index in [1.54, 1.807) is 25.4 Å². The topological polar surface area (TPSA) is 78.1 Å². The van der Waals surface area contributed by atoms with Crippen molar-refractivity contribution in [1.29, 1.82) is 0 Å². The molecule has 1 aromatic carbocycles. The van der Waals surface area contributed by atoms with Gasteiger partial charge in [0.1, 0.15) is 4.88 Å². The molecule has 4 aromatic rings. The van der Waals surface area contributed by atoms with Gasteiger partial charge in [0.15, 0.2) is 6.10 Å². The lowest BCUT2D eigenvalue weighted by Crippen LogP contribution is -2.08. The molecule has 0 amide bonds. The summed E-state index contributed by atoms with van der Waals surface area (Å²) in [4.78, 5) is 21.1. The highest BCUT2D eigenvalue weighted by Crippen LogP contribution is 2.36. The average molecular weight is 386 g/mol. The molecule has 26 heavy (non-hydrogen) atoms. The minimum Gasteiger partial charge on any atom is -0.448 e. The SMILES string of the molecule is CC(OC(=O)c1sc2ccccc2c1Cl)c1nc(-c2cccnc2)no1. The lowest BCUT2D eigenvalue weighted by molar-refractivity contribution is 0.0271. The molecule has 0 fully saturated rings. The minimum atomic E-state index is -0.707. The number of carbonyl (C=O) groups excluding carboxylic acids is 1. The van der Waals surface area contributed by atoms with Crippen molar-refractivity contribution in [2.75, 3.05) is 0 Å². The summed E-state index contributed by atoms with van der Waals surface area (Å²) in [5.41, 5.74) is 0.716. The van der Waals surface area contributed by atoms with Crippen LogP contribution in [-0.2, 0) is 4.74 Å². The molecule has 0 bridgehead atoms. The van der Waals surface area contributed by atoms with E-state index in [2.05, 4.69) is 15.1 Å². The van der Waals surface area contributed by atoms with Crippen LogP contribution >= 0.6 is 22.9 Å². The van der Waals surface area contributed by atoms with Crippen LogP contribution in [0, 0.1) is 0 Å². The first-order valence-corrected chi connectivity index (χ1v) is 8.95. The van der Waals surface area contributed by atoms with Gasteiger partial charge >= 0.3 is 5.97 Å². The van der Waals surface area contributed by atoms with Crippen molar-refractivity contribution < 1.29 is 14.1 Å². The highest BCUT2D eigenvalue weighted by atomic mass is 35.5. The molecule has 0 saturated carbocycles. The second kappa shape index (κ2) is 6.86. The first-order valence-electron chi connectivity index (χ1n) is 7.75. The van der Waals surface area contributed by atoms with Crippen LogP contribution in [0.15, 0.2) is 53.3 Å². The summed E-state index contributed by atoms with van der Waals surface area (Å²) in [7, 11) is 0. The molecule has 6 nitrogen and oxygen atoms in total. The number of rotatable bonds is 4. The molecule has 130 valence electrons. The maximum atomic E-state index is 12.5. The van der Waals surface area contributed by atoms with Gasteiger partial charge < -0.3 is 9.26 Å². The molecular formula is C18H12ClN3O3S. The number of halogens is 1. The highest BCUT2D eigenvalue weighted by molar-refractivity contribution is 7.21. The molecule has 8 heteroatoms. The quantitative estimate of drug-likeness (QED) is 0.464. The lowest BCUT2D eigenvalue weighted by atomic mass is 10.2. The zero-order valence-electron chi connectivity index (χ0n) is 13.5. The number of pyridine rings is 1. The van der Waals surface area contributed by atoms with Gasteiger partial charge in [0.25, 0.3) is 5.89 Å². The van der Waals surface area contributed by atoms with Crippen molar-refractivity contribution in [3.8, 4) is 11.4 Å². The van der Waals surface area contributed by atoms with Crippen LogP contribution in [0.5, 0.6) is 0 Å². The van der Waals surface area contributed by atoms with Gasteiger partial charge in [-0.2, -0.15) is 4.98 Å². The number of ether oxygens (including phenoxy) is 1. The minimum absolute atomic E-state index is 0.203. The Morgan fingerprint density at radius 3 is 2.88 bits per heavy atom. The zero-order chi connectivity index (χ0) is 18.1. The Labute approximate surface area is 157 Å². The first kappa shape index (κ1) is 16.7. The predicted octanol–water partition coefficient (Wildman–Crippen LogP) is 4.92. The molecular weight excluding hydrogens is 374 g/mol. The van der Waals surface area contributed by atoms with Crippen LogP contribution in [0.2, 0.25) is 5.02 Å². The largest absolute Gasteiger partial charge is 0.448 e. The molecule has 1 atom stereocenters. The third-order valence-electron chi connectivity index (χ3n) is 3.71. The van der Waals surface area contributed by atoms with E-state index in [-0.39, 0.29) is 5.89 Å². The van der Waals surface area contributed by atoms with Crippen molar-refractivity contribution in [3.63, 3.8) is 0 Å². The lowest BCUT2D eigenvalue weighted by Gasteiger charge is -2.08. The molecule has 0 N–H and O–H groups in total. The number of benzene rings is 1. The van der Waals surface area contributed by atoms with E-state index in [9.17, 15) is 4.79 Å². The Bertz CT molecular complexity index is 1080. The van der Waals surface area contributed by atoms with Crippen LogP contribution in [0.25, 0.3) is 21.5 Å². The van der Waals surface area contributed by atoms with E-state index in [4.69, 9.17) is 20.9 Å². The maximum Gasteiger partial charge on any atom is 0.350 e. The molecule has 0 spiro atoms. The number of hydrogen-bond donors (Lipinski definition) is 0. The van der Waals surface area contributed by atoms with E-state index in [1.165, 1.54) is 11.3 Å². The van der Waals surface area contributed by atoms with Crippen molar-refractivity contribution in [2.45, 2.75) is 13.0 Å². The van der Waals surface area contributed by atoms with E-state index < -0.39 is 12.1 Å². The Hall–Kier alpha value is -2.77. The molecule has 0 aliphatic rings. The van der Waals surface area contributed by atoms with Gasteiger partial charge in [-0.25, -0.2) is 4.79 Å². The van der Waals surface area contributed by atoms with Gasteiger partial charge in [-0.15, -0.1) is 11.3 Å². The second-order valence-electron chi connectivity index (χ2n) is 5.49. The molecule has 3 heterocycles. The first-order chi connectivity index (χ1) is 12.6. The molecule has 0 aliphatic carbocycles. The number of nitrogens with zero attached hydrogens (tertiary/aromatic N) is 3. The fourth-order valence-electron chi connectivity index (χ4n) is 2.42. The third-order valence-corrected chi connectivity index (χ3v) is 5.37. The van der Waals surface area contributed by atoms with E-state index in [1.807, 2.05) is 30.3 Å². The summed E-state index contributed by atoms with van der Waals surface area (Å²) in [6.45, 7) is 1.67. The Kier molecular flexibility index (Phi) is 4.40. The van der Waals surface area contributed by atoms with E-state index in [0.29, 0.717) is 21.3 Å². The van der Waals surface area contributed by atoms with E-state index >= 15 is 0 Å².